The Morgan fingerprint density at radius 3 is 2.67 bits per heavy atom. The Bertz CT molecular complexity index is 1060. The SMILES string of the molecule is Cc1ccc(-c2cc(C(=O)NC3C=CNC(=O)N3)c3ccccc3n2)cc1. The number of nitrogens with one attached hydrogen (secondary N) is 3. The normalized spacial score (nSPS) is 15.9. The Kier molecular flexibility index (Phi) is 4.30. The van der Waals surface area contributed by atoms with Crippen LogP contribution in [0.3, 0.4) is 0 Å². The first-order valence-electron chi connectivity index (χ1n) is 8.61. The standard InChI is InChI=1S/C21H18N4O2/c1-13-6-8-14(9-7-13)18-12-16(15-4-2-3-5-17(15)23-18)20(26)24-19-10-11-22-21(27)25-19/h2-12,19H,1H3,(H,24,26)(H2,22,25,27). The minimum atomic E-state index is -0.569. The van der Waals surface area contributed by atoms with E-state index >= 15 is 0 Å². The van der Waals surface area contributed by atoms with Crippen LogP contribution in [0.15, 0.2) is 66.9 Å². The molecule has 0 radical (unpaired) electrons. The summed E-state index contributed by atoms with van der Waals surface area (Å²) in [5.41, 5.74) is 4.08. The maximum atomic E-state index is 12.9. The van der Waals surface area contributed by atoms with Crippen LogP contribution in [-0.4, -0.2) is 23.1 Å². The molecule has 0 spiro atoms. The number of amides is 3. The number of carbonyl (C=O) groups excluding carboxylic acids is 2. The Morgan fingerprint density at radius 1 is 1.11 bits per heavy atom. The van der Waals surface area contributed by atoms with E-state index in [9.17, 15) is 9.59 Å². The molecule has 3 amide bonds. The van der Waals surface area contributed by atoms with Gasteiger partial charge in [0.05, 0.1) is 16.8 Å². The van der Waals surface area contributed by atoms with Crippen LogP contribution in [0.2, 0.25) is 0 Å². The fraction of sp³-hybridized carbons (Fsp3) is 0.0952. The van der Waals surface area contributed by atoms with Gasteiger partial charge in [0.2, 0.25) is 0 Å². The maximum absolute atomic E-state index is 12.9. The van der Waals surface area contributed by atoms with Crippen LogP contribution in [0.1, 0.15) is 15.9 Å². The Hall–Kier alpha value is -3.67. The highest BCUT2D eigenvalue weighted by Gasteiger charge is 2.19. The summed E-state index contributed by atoms with van der Waals surface area (Å²) in [4.78, 5) is 29.1. The van der Waals surface area contributed by atoms with Gasteiger partial charge >= 0.3 is 6.03 Å². The van der Waals surface area contributed by atoms with Crippen molar-refractivity contribution < 1.29 is 9.59 Å². The lowest BCUT2D eigenvalue weighted by Crippen LogP contribution is -2.52. The topological polar surface area (TPSA) is 83.1 Å². The number of fused-ring (bicyclic) bond motifs is 1. The molecule has 0 bridgehead atoms. The molecule has 6 nitrogen and oxygen atoms in total. The number of urea groups is 1. The van der Waals surface area contributed by atoms with Gasteiger partial charge in [0.25, 0.3) is 5.91 Å². The number of hydrogen-bond donors (Lipinski definition) is 3. The van der Waals surface area contributed by atoms with Crippen LogP contribution in [0, 0.1) is 6.92 Å². The number of hydrogen-bond acceptors (Lipinski definition) is 3. The van der Waals surface area contributed by atoms with E-state index in [1.807, 2.05) is 55.5 Å². The first-order chi connectivity index (χ1) is 13.1. The van der Waals surface area contributed by atoms with E-state index in [-0.39, 0.29) is 11.9 Å². The van der Waals surface area contributed by atoms with Crippen LogP contribution < -0.4 is 16.0 Å². The van der Waals surface area contributed by atoms with Gasteiger partial charge in [-0.05, 0) is 25.1 Å². The molecule has 134 valence electrons. The van der Waals surface area contributed by atoms with Gasteiger partial charge in [0.1, 0.15) is 6.17 Å². The predicted molar refractivity (Wildman–Crippen MR) is 104 cm³/mol. The largest absolute Gasteiger partial charge is 0.328 e. The Balaban J connectivity index is 1.75. The molecule has 1 aliphatic rings. The van der Waals surface area contributed by atoms with Gasteiger partial charge in [0, 0.05) is 17.1 Å². The van der Waals surface area contributed by atoms with Crippen LogP contribution in [0.5, 0.6) is 0 Å². The first kappa shape index (κ1) is 16.8. The van der Waals surface area contributed by atoms with Gasteiger partial charge in [-0.3, -0.25) is 4.79 Å². The molecule has 1 atom stereocenters. The van der Waals surface area contributed by atoms with Crippen LogP contribution in [0.25, 0.3) is 22.2 Å². The van der Waals surface area contributed by atoms with Gasteiger partial charge < -0.3 is 16.0 Å². The fourth-order valence-electron chi connectivity index (χ4n) is 2.99. The zero-order valence-electron chi connectivity index (χ0n) is 14.7. The third kappa shape index (κ3) is 3.50. The second-order valence-corrected chi connectivity index (χ2v) is 6.37. The van der Waals surface area contributed by atoms with Gasteiger partial charge in [-0.25, -0.2) is 9.78 Å². The third-order valence-corrected chi connectivity index (χ3v) is 4.38. The quantitative estimate of drug-likeness (QED) is 0.673. The Labute approximate surface area is 156 Å². The molecule has 0 fully saturated rings. The minimum Gasteiger partial charge on any atom is -0.328 e. The average Bonchev–Trinajstić information content (AvgIpc) is 2.67. The lowest BCUT2D eigenvalue weighted by atomic mass is 10.0. The smallest absolute Gasteiger partial charge is 0.320 e. The zero-order valence-corrected chi connectivity index (χ0v) is 14.7. The van der Waals surface area contributed by atoms with E-state index < -0.39 is 6.17 Å². The molecule has 3 N–H and O–H groups in total. The van der Waals surface area contributed by atoms with Crippen molar-refractivity contribution in [1.29, 1.82) is 0 Å². The van der Waals surface area contributed by atoms with E-state index in [0.717, 1.165) is 27.7 Å². The van der Waals surface area contributed by atoms with Gasteiger partial charge in [-0.1, -0.05) is 48.0 Å². The number of aromatic nitrogens is 1. The second-order valence-electron chi connectivity index (χ2n) is 6.37. The summed E-state index contributed by atoms with van der Waals surface area (Å²) in [6.07, 6.45) is 2.61. The van der Waals surface area contributed by atoms with Crippen LogP contribution >= 0.6 is 0 Å². The molecule has 0 saturated carbocycles. The van der Waals surface area contributed by atoms with Crippen molar-refractivity contribution >= 4 is 22.8 Å². The van der Waals surface area contributed by atoms with Crippen molar-refractivity contribution in [2.45, 2.75) is 13.1 Å². The molecule has 1 unspecified atom stereocenters. The highest BCUT2D eigenvalue weighted by atomic mass is 16.2. The minimum absolute atomic E-state index is 0.279. The third-order valence-electron chi connectivity index (χ3n) is 4.38. The molecule has 6 heteroatoms. The van der Waals surface area contributed by atoms with E-state index in [0.29, 0.717) is 5.56 Å². The summed E-state index contributed by atoms with van der Waals surface area (Å²) in [5.74, 6) is -0.279. The van der Waals surface area contributed by atoms with E-state index in [2.05, 4.69) is 16.0 Å². The number of benzene rings is 2. The number of rotatable bonds is 3. The predicted octanol–water partition coefficient (Wildman–Crippen LogP) is 3.09. The van der Waals surface area contributed by atoms with E-state index in [1.54, 1.807) is 12.1 Å². The lowest BCUT2D eigenvalue weighted by Gasteiger charge is -2.20. The van der Waals surface area contributed by atoms with Crippen molar-refractivity contribution in [3.63, 3.8) is 0 Å². The van der Waals surface area contributed by atoms with E-state index in [4.69, 9.17) is 4.98 Å². The lowest BCUT2D eigenvalue weighted by molar-refractivity contribution is 0.0942. The average molecular weight is 358 g/mol. The molecular formula is C21H18N4O2. The number of carbonyl (C=O) groups is 2. The highest BCUT2D eigenvalue weighted by molar-refractivity contribution is 6.07. The summed E-state index contributed by atoms with van der Waals surface area (Å²) in [7, 11) is 0. The molecular weight excluding hydrogens is 340 g/mol. The number of nitrogens with zero attached hydrogens (tertiary/aromatic N) is 1. The summed E-state index contributed by atoms with van der Waals surface area (Å²) in [6.45, 7) is 2.03. The van der Waals surface area contributed by atoms with Gasteiger partial charge in [-0.2, -0.15) is 0 Å². The van der Waals surface area contributed by atoms with Crippen molar-refractivity contribution in [1.82, 2.24) is 20.9 Å². The highest BCUT2D eigenvalue weighted by Crippen LogP contribution is 2.25. The van der Waals surface area contributed by atoms with E-state index in [1.165, 1.54) is 6.20 Å². The molecule has 2 heterocycles. The summed E-state index contributed by atoms with van der Waals surface area (Å²) in [5, 5.41) is 8.71. The molecule has 27 heavy (non-hydrogen) atoms. The van der Waals surface area contributed by atoms with Crippen molar-refractivity contribution in [2.24, 2.45) is 0 Å². The molecule has 0 aliphatic carbocycles. The first-order valence-corrected chi connectivity index (χ1v) is 8.61. The monoisotopic (exact) mass is 358 g/mol. The number of pyridine rings is 1. The Morgan fingerprint density at radius 2 is 1.89 bits per heavy atom. The molecule has 4 rings (SSSR count). The summed E-state index contributed by atoms with van der Waals surface area (Å²) < 4.78 is 0. The summed E-state index contributed by atoms with van der Waals surface area (Å²) >= 11 is 0. The van der Waals surface area contributed by atoms with Crippen LogP contribution in [0.4, 0.5) is 4.79 Å². The van der Waals surface area contributed by atoms with Crippen LogP contribution in [-0.2, 0) is 0 Å². The fourth-order valence-corrected chi connectivity index (χ4v) is 2.99. The number of aryl methyl sites for hydroxylation is 1. The number of para-hydroxylation sites is 1. The second kappa shape index (κ2) is 6.92. The van der Waals surface area contributed by atoms with Crippen molar-refractivity contribution in [3.8, 4) is 11.3 Å². The molecule has 2 aromatic carbocycles. The molecule has 1 aliphatic heterocycles. The molecule has 0 saturated heterocycles. The zero-order chi connectivity index (χ0) is 18.8. The van der Waals surface area contributed by atoms with Gasteiger partial charge in [-0.15, -0.1) is 0 Å². The molecule has 3 aromatic rings. The van der Waals surface area contributed by atoms with Crippen molar-refractivity contribution in [3.05, 3.63) is 78.0 Å². The van der Waals surface area contributed by atoms with Gasteiger partial charge in [0.15, 0.2) is 0 Å². The summed E-state index contributed by atoms with van der Waals surface area (Å²) in [6, 6.07) is 17.0. The van der Waals surface area contributed by atoms with Crippen molar-refractivity contribution in [2.75, 3.05) is 0 Å². The maximum Gasteiger partial charge on any atom is 0.320 e. The molecule has 1 aromatic heterocycles.